The first-order valence-corrected chi connectivity index (χ1v) is 6.93. The molecule has 0 spiro atoms. The van der Waals surface area contributed by atoms with E-state index in [4.69, 9.17) is 0 Å². The van der Waals surface area contributed by atoms with Gasteiger partial charge in [-0.2, -0.15) is 0 Å². The highest BCUT2D eigenvalue weighted by atomic mass is 79.9. The van der Waals surface area contributed by atoms with E-state index in [0.29, 0.717) is 10.0 Å². The van der Waals surface area contributed by atoms with E-state index in [9.17, 15) is 8.78 Å². The summed E-state index contributed by atoms with van der Waals surface area (Å²) in [4.78, 5) is 0. The van der Waals surface area contributed by atoms with E-state index in [1.54, 1.807) is 18.2 Å². The Morgan fingerprint density at radius 2 is 1.89 bits per heavy atom. The Kier molecular flexibility index (Phi) is 3.27. The van der Waals surface area contributed by atoms with E-state index < -0.39 is 0 Å². The molecule has 4 heteroatoms. The van der Waals surface area contributed by atoms with Gasteiger partial charge in [0.25, 0.3) is 0 Å². The second-order valence-corrected chi connectivity index (χ2v) is 5.53. The van der Waals surface area contributed by atoms with Crippen molar-refractivity contribution < 1.29 is 8.78 Å². The predicted octanol–water partition coefficient (Wildman–Crippen LogP) is 4.83. The average Bonchev–Trinajstić information content (AvgIpc) is 2.40. The molecule has 0 fully saturated rings. The number of rotatable bonds is 1. The molecule has 19 heavy (non-hydrogen) atoms. The number of halogens is 3. The lowest BCUT2D eigenvalue weighted by Crippen LogP contribution is -2.19. The van der Waals surface area contributed by atoms with Crippen molar-refractivity contribution in [3.8, 4) is 0 Å². The molecule has 2 aromatic carbocycles. The quantitative estimate of drug-likeness (QED) is 0.792. The van der Waals surface area contributed by atoms with E-state index in [1.165, 1.54) is 12.1 Å². The molecule has 1 atom stereocenters. The molecule has 1 aliphatic heterocycles. The molecule has 0 radical (unpaired) electrons. The van der Waals surface area contributed by atoms with Crippen LogP contribution in [-0.2, 0) is 6.42 Å². The minimum Gasteiger partial charge on any atom is -0.378 e. The molecule has 1 N–H and O–H groups in total. The second kappa shape index (κ2) is 4.93. The van der Waals surface area contributed by atoms with Gasteiger partial charge in [-0.25, -0.2) is 8.78 Å². The van der Waals surface area contributed by atoms with Gasteiger partial charge in [0.05, 0.1) is 10.5 Å². The topological polar surface area (TPSA) is 12.0 Å². The van der Waals surface area contributed by atoms with Crippen molar-refractivity contribution in [1.82, 2.24) is 0 Å². The SMILES string of the molecule is Fc1cc2c(cc1Br)NC(c1ccccc1F)CC2. The van der Waals surface area contributed by atoms with Crippen molar-refractivity contribution in [1.29, 1.82) is 0 Å². The van der Waals surface area contributed by atoms with Crippen LogP contribution in [0.25, 0.3) is 0 Å². The van der Waals surface area contributed by atoms with Crippen LogP contribution in [0.2, 0.25) is 0 Å². The van der Waals surface area contributed by atoms with Crippen LogP contribution < -0.4 is 5.32 Å². The van der Waals surface area contributed by atoms with Crippen LogP contribution in [0.1, 0.15) is 23.6 Å². The first-order valence-electron chi connectivity index (χ1n) is 6.14. The van der Waals surface area contributed by atoms with Gasteiger partial charge >= 0.3 is 0 Å². The minimum absolute atomic E-state index is 0.0638. The van der Waals surface area contributed by atoms with E-state index in [-0.39, 0.29) is 17.7 Å². The van der Waals surface area contributed by atoms with Crippen molar-refractivity contribution in [2.75, 3.05) is 5.32 Å². The van der Waals surface area contributed by atoms with E-state index in [1.807, 2.05) is 6.07 Å². The molecule has 0 saturated heterocycles. The van der Waals surface area contributed by atoms with Gasteiger partial charge in [0.15, 0.2) is 0 Å². The second-order valence-electron chi connectivity index (χ2n) is 4.68. The maximum atomic E-state index is 13.8. The Morgan fingerprint density at radius 3 is 2.68 bits per heavy atom. The van der Waals surface area contributed by atoms with Gasteiger partial charge in [0.1, 0.15) is 11.6 Å². The number of benzene rings is 2. The Bertz CT molecular complexity index is 628. The van der Waals surface area contributed by atoms with Crippen LogP contribution >= 0.6 is 15.9 Å². The van der Waals surface area contributed by atoms with Crippen molar-refractivity contribution in [2.45, 2.75) is 18.9 Å². The molecule has 0 saturated carbocycles. The zero-order valence-corrected chi connectivity index (χ0v) is 11.7. The third kappa shape index (κ3) is 2.37. The van der Waals surface area contributed by atoms with Gasteiger partial charge in [-0.05, 0) is 52.5 Å². The number of hydrogen-bond donors (Lipinski definition) is 1. The fraction of sp³-hybridized carbons (Fsp3) is 0.200. The summed E-state index contributed by atoms with van der Waals surface area (Å²) in [7, 11) is 0. The molecular formula is C15H12BrF2N. The van der Waals surface area contributed by atoms with Crippen LogP contribution in [0.3, 0.4) is 0 Å². The van der Waals surface area contributed by atoms with Gasteiger partial charge < -0.3 is 5.32 Å². The fourth-order valence-electron chi connectivity index (χ4n) is 2.48. The molecule has 0 amide bonds. The highest BCUT2D eigenvalue weighted by Gasteiger charge is 2.22. The maximum Gasteiger partial charge on any atom is 0.137 e. The Hall–Kier alpha value is -1.42. The first-order chi connectivity index (χ1) is 9.15. The molecule has 0 aromatic heterocycles. The molecule has 1 heterocycles. The number of hydrogen-bond acceptors (Lipinski definition) is 1. The van der Waals surface area contributed by atoms with Gasteiger partial charge in [-0.3, -0.25) is 0 Å². The summed E-state index contributed by atoms with van der Waals surface area (Å²) in [5.41, 5.74) is 2.47. The molecule has 3 rings (SSSR count). The van der Waals surface area contributed by atoms with E-state index in [2.05, 4.69) is 21.2 Å². The van der Waals surface area contributed by atoms with Gasteiger partial charge in [0.2, 0.25) is 0 Å². The van der Waals surface area contributed by atoms with Gasteiger partial charge in [0, 0.05) is 11.3 Å². The van der Waals surface area contributed by atoms with Gasteiger partial charge in [-0.1, -0.05) is 18.2 Å². The monoisotopic (exact) mass is 323 g/mol. The van der Waals surface area contributed by atoms with Crippen molar-refractivity contribution in [3.05, 3.63) is 63.6 Å². The van der Waals surface area contributed by atoms with Crippen LogP contribution in [0, 0.1) is 11.6 Å². The summed E-state index contributed by atoms with van der Waals surface area (Å²) in [6, 6.07) is 9.95. The van der Waals surface area contributed by atoms with Gasteiger partial charge in [-0.15, -0.1) is 0 Å². The summed E-state index contributed by atoms with van der Waals surface area (Å²) in [6.07, 6.45) is 1.50. The van der Waals surface area contributed by atoms with E-state index in [0.717, 1.165) is 24.1 Å². The van der Waals surface area contributed by atoms with Crippen molar-refractivity contribution in [3.63, 3.8) is 0 Å². The fourth-order valence-corrected chi connectivity index (χ4v) is 2.82. The van der Waals surface area contributed by atoms with Crippen molar-refractivity contribution >= 4 is 21.6 Å². The summed E-state index contributed by atoms with van der Waals surface area (Å²) in [5, 5.41) is 3.29. The molecule has 1 nitrogen and oxygen atoms in total. The average molecular weight is 324 g/mol. The molecule has 2 aromatic rings. The zero-order chi connectivity index (χ0) is 13.4. The van der Waals surface area contributed by atoms with Crippen LogP contribution in [0.5, 0.6) is 0 Å². The predicted molar refractivity (Wildman–Crippen MR) is 75.2 cm³/mol. The molecule has 98 valence electrons. The molecule has 0 bridgehead atoms. The third-order valence-electron chi connectivity index (χ3n) is 3.46. The summed E-state index contributed by atoms with van der Waals surface area (Å²) < 4.78 is 27.7. The zero-order valence-electron chi connectivity index (χ0n) is 10.1. The number of aryl methyl sites for hydroxylation is 1. The first kappa shape index (κ1) is 12.6. The third-order valence-corrected chi connectivity index (χ3v) is 4.07. The Labute approximate surface area is 118 Å². The highest BCUT2D eigenvalue weighted by molar-refractivity contribution is 9.10. The lowest BCUT2D eigenvalue weighted by Gasteiger charge is -2.28. The number of fused-ring (bicyclic) bond motifs is 1. The number of nitrogens with one attached hydrogen (secondary N) is 1. The van der Waals surface area contributed by atoms with Crippen molar-refractivity contribution in [2.24, 2.45) is 0 Å². The Balaban J connectivity index is 1.94. The smallest absolute Gasteiger partial charge is 0.137 e. The highest BCUT2D eigenvalue weighted by Crippen LogP contribution is 2.35. The van der Waals surface area contributed by atoms with Crippen LogP contribution in [-0.4, -0.2) is 0 Å². The normalized spacial score (nSPS) is 17.7. The summed E-state index contributed by atoms with van der Waals surface area (Å²) in [5.74, 6) is -0.463. The lowest BCUT2D eigenvalue weighted by atomic mass is 9.93. The standard InChI is InChI=1S/C15H12BrF2N/c16-11-8-15-9(7-13(11)18)5-6-14(19-15)10-3-1-2-4-12(10)17/h1-4,7-8,14,19H,5-6H2. The maximum absolute atomic E-state index is 13.8. The molecule has 0 aliphatic carbocycles. The molecule has 1 aliphatic rings. The Morgan fingerprint density at radius 1 is 1.11 bits per heavy atom. The van der Waals surface area contributed by atoms with E-state index >= 15 is 0 Å². The minimum atomic E-state index is -0.259. The number of anilines is 1. The van der Waals surface area contributed by atoms with Crippen LogP contribution in [0.15, 0.2) is 40.9 Å². The lowest BCUT2D eigenvalue weighted by molar-refractivity contribution is 0.569. The molecule has 1 unspecified atom stereocenters. The summed E-state index contributed by atoms with van der Waals surface area (Å²) >= 11 is 3.18. The molecular weight excluding hydrogens is 312 g/mol. The summed E-state index contributed by atoms with van der Waals surface area (Å²) in [6.45, 7) is 0. The largest absolute Gasteiger partial charge is 0.378 e. The van der Waals surface area contributed by atoms with Crippen LogP contribution in [0.4, 0.5) is 14.5 Å².